The highest BCUT2D eigenvalue weighted by Gasteiger charge is 2.50. The summed E-state index contributed by atoms with van der Waals surface area (Å²) in [6, 6.07) is 17.3. The first-order chi connectivity index (χ1) is 15.2. The largest absolute Gasteiger partial charge is 0.348 e. The summed E-state index contributed by atoms with van der Waals surface area (Å²) in [6.07, 6.45) is 0. The number of nitrogens with one attached hydrogen (secondary N) is 2. The van der Waals surface area contributed by atoms with Crippen molar-refractivity contribution < 1.29 is 14.4 Å². The first-order valence-corrected chi connectivity index (χ1v) is 10.8. The number of hydrogen-bond acceptors (Lipinski definition) is 3. The molecule has 8 heteroatoms. The van der Waals surface area contributed by atoms with E-state index >= 15 is 0 Å². The van der Waals surface area contributed by atoms with Crippen molar-refractivity contribution in [3.05, 3.63) is 81.8 Å². The zero-order valence-electron chi connectivity index (χ0n) is 17.5. The van der Waals surface area contributed by atoms with Crippen LogP contribution in [0.25, 0.3) is 10.8 Å². The molecule has 2 N–H and O–H groups in total. The predicted octanol–water partition coefficient (Wildman–Crippen LogP) is 4.79. The Kier molecular flexibility index (Phi) is 5.84. The molecule has 2 unspecified atom stereocenters. The number of carbonyl (C=O) groups is 3. The number of rotatable bonds is 5. The third kappa shape index (κ3) is 3.92. The number of hydrogen-bond donors (Lipinski definition) is 2. The standard InChI is InChI=1S/C24H21Cl2N3O3/c1-14(16-10-11-19(25)20(26)12-16)27-21(30)13-29-22(31)24(2,28-23(29)32)18-9-5-7-15-6-3-4-8-17(15)18/h3-12,14H,13H2,1-2H3,(H,27,30)(H,28,32). The van der Waals surface area contributed by atoms with Crippen molar-refractivity contribution in [3.8, 4) is 0 Å². The molecular formula is C24H21Cl2N3O3. The van der Waals surface area contributed by atoms with Crippen LogP contribution in [0, 0.1) is 0 Å². The SMILES string of the molecule is CC(NC(=O)CN1C(=O)NC(C)(c2cccc3ccccc23)C1=O)c1ccc(Cl)c(Cl)c1. The molecule has 1 aliphatic rings. The summed E-state index contributed by atoms with van der Waals surface area (Å²) in [5, 5.41) is 8.18. The van der Waals surface area contributed by atoms with Gasteiger partial charge in [0.1, 0.15) is 12.1 Å². The molecule has 0 spiro atoms. The molecule has 0 aliphatic carbocycles. The smallest absolute Gasteiger partial charge is 0.325 e. The van der Waals surface area contributed by atoms with Crippen molar-refractivity contribution >= 4 is 51.8 Å². The molecule has 0 radical (unpaired) electrons. The molecule has 1 fully saturated rings. The Labute approximate surface area is 195 Å². The Hall–Kier alpha value is -3.09. The Balaban J connectivity index is 1.52. The lowest BCUT2D eigenvalue weighted by molar-refractivity contribution is -0.135. The van der Waals surface area contributed by atoms with E-state index in [9.17, 15) is 14.4 Å². The molecule has 0 aromatic heterocycles. The lowest BCUT2D eigenvalue weighted by Gasteiger charge is -2.24. The highest BCUT2D eigenvalue weighted by Crippen LogP contribution is 2.34. The van der Waals surface area contributed by atoms with E-state index in [1.807, 2.05) is 42.5 Å². The fraction of sp³-hybridized carbons (Fsp3) is 0.208. The first-order valence-electron chi connectivity index (χ1n) is 10.1. The minimum absolute atomic E-state index is 0.380. The summed E-state index contributed by atoms with van der Waals surface area (Å²) in [5.41, 5.74) is 0.166. The van der Waals surface area contributed by atoms with Crippen LogP contribution in [0.5, 0.6) is 0 Å². The fourth-order valence-corrected chi connectivity index (χ4v) is 4.29. The highest BCUT2D eigenvalue weighted by atomic mass is 35.5. The minimum Gasteiger partial charge on any atom is -0.348 e. The highest BCUT2D eigenvalue weighted by molar-refractivity contribution is 6.42. The van der Waals surface area contributed by atoms with Crippen LogP contribution < -0.4 is 10.6 Å². The molecule has 0 bridgehead atoms. The molecule has 3 aromatic rings. The van der Waals surface area contributed by atoms with Gasteiger partial charge < -0.3 is 10.6 Å². The average molecular weight is 470 g/mol. The molecule has 2 atom stereocenters. The zero-order chi connectivity index (χ0) is 23.0. The number of imide groups is 1. The lowest BCUT2D eigenvalue weighted by atomic mass is 9.88. The number of fused-ring (bicyclic) bond motifs is 1. The quantitative estimate of drug-likeness (QED) is 0.527. The monoisotopic (exact) mass is 469 g/mol. The third-order valence-electron chi connectivity index (χ3n) is 5.73. The van der Waals surface area contributed by atoms with Gasteiger partial charge in [-0.15, -0.1) is 0 Å². The molecule has 32 heavy (non-hydrogen) atoms. The van der Waals surface area contributed by atoms with Gasteiger partial charge in [0.2, 0.25) is 5.91 Å². The van der Waals surface area contributed by atoms with Crippen LogP contribution in [-0.4, -0.2) is 29.3 Å². The topological polar surface area (TPSA) is 78.5 Å². The van der Waals surface area contributed by atoms with Crippen LogP contribution in [0.15, 0.2) is 60.7 Å². The molecule has 0 saturated carbocycles. The van der Waals surface area contributed by atoms with Crippen molar-refractivity contribution in [3.63, 3.8) is 0 Å². The maximum absolute atomic E-state index is 13.3. The molecular weight excluding hydrogens is 449 g/mol. The summed E-state index contributed by atoms with van der Waals surface area (Å²) in [5.74, 6) is -0.939. The second-order valence-electron chi connectivity index (χ2n) is 7.94. The Morgan fingerprint density at radius 1 is 1.06 bits per heavy atom. The van der Waals surface area contributed by atoms with Crippen LogP contribution in [0.2, 0.25) is 10.0 Å². The zero-order valence-corrected chi connectivity index (χ0v) is 19.0. The van der Waals surface area contributed by atoms with E-state index in [2.05, 4.69) is 10.6 Å². The van der Waals surface area contributed by atoms with Gasteiger partial charge in [0, 0.05) is 0 Å². The maximum Gasteiger partial charge on any atom is 0.325 e. The van der Waals surface area contributed by atoms with E-state index in [0.717, 1.165) is 21.2 Å². The second kappa shape index (κ2) is 8.45. The van der Waals surface area contributed by atoms with Gasteiger partial charge in [-0.3, -0.25) is 14.5 Å². The summed E-state index contributed by atoms with van der Waals surface area (Å²) >= 11 is 12.0. The number of carbonyl (C=O) groups excluding carboxylic acids is 3. The van der Waals surface area contributed by atoms with Crippen LogP contribution in [0.1, 0.15) is 31.0 Å². The Morgan fingerprint density at radius 2 is 1.78 bits per heavy atom. The van der Waals surface area contributed by atoms with E-state index in [1.54, 1.807) is 32.0 Å². The van der Waals surface area contributed by atoms with Crippen molar-refractivity contribution in [1.82, 2.24) is 15.5 Å². The van der Waals surface area contributed by atoms with Crippen LogP contribution in [-0.2, 0) is 15.1 Å². The summed E-state index contributed by atoms with van der Waals surface area (Å²) in [6.45, 7) is 3.05. The number of nitrogens with zero attached hydrogens (tertiary/aromatic N) is 1. The summed E-state index contributed by atoms with van der Waals surface area (Å²) < 4.78 is 0. The molecule has 1 aliphatic heterocycles. The van der Waals surface area contributed by atoms with Gasteiger partial charge in [0.05, 0.1) is 16.1 Å². The molecule has 4 rings (SSSR count). The predicted molar refractivity (Wildman–Crippen MR) is 125 cm³/mol. The third-order valence-corrected chi connectivity index (χ3v) is 6.47. The minimum atomic E-state index is -1.27. The van der Waals surface area contributed by atoms with E-state index in [0.29, 0.717) is 15.6 Å². The van der Waals surface area contributed by atoms with E-state index < -0.39 is 29.9 Å². The van der Waals surface area contributed by atoms with Gasteiger partial charge in [-0.2, -0.15) is 0 Å². The van der Waals surface area contributed by atoms with Crippen molar-refractivity contribution in [2.45, 2.75) is 25.4 Å². The molecule has 1 saturated heterocycles. The maximum atomic E-state index is 13.3. The molecule has 1 heterocycles. The Bertz CT molecular complexity index is 1240. The summed E-state index contributed by atoms with van der Waals surface area (Å²) in [7, 11) is 0. The van der Waals surface area contributed by atoms with Gasteiger partial charge in [0.25, 0.3) is 5.91 Å². The van der Waals surface area contributed by atoms with Crippen molar-refractivity contribution in [1.29, 1.82) is 0 Å². The second-order valence-corrected chi connectivity index (χ2v) is 8.75. The molecule has 6 nitrogen and oxygen atoms in total. The van der Waals surface area contributed by atoms with Gasteiger partial charge >= 0.3 is 6.03 Å². The van der Waals surface area contributed by atoms with Gasteiger partial charge in [-0.05, 0) is 47.9 Å². The van der Waals surface area contributed by atoms with Crippen LogP contribution >= 0.6 is 23.2 Å². The fourth-order valence-electron chi connectivity index (χ4n) is 3.98. The van der Waals surface area contributed by atoms with Crippen molar-refractivity contribution in [2.24, 2.45) is 0 Å². The molecule has 164 valence electrons. The first kappa shape index (κ1) is 22.1. The number of benzene rings is 3. The van der Waals surface area contributed by atoms with Crippen LogP contribution in [0.3, 0.4) is 0 Å². The van der Waals surface area contributed by atoms with Gasteiger partial charge in [-0.1, -0.05) is 71.7 Å². The number of halogens is 2. The van der Waals surface area contributed by atoms with E-state index in [-0.39, 0.29) is 6.04 Å². The molecule has 3 aromatic carbocycles. The number of amides is 4. The lowest BCUT2D eigenvalue weighted by Crippen LogP contribution is -2.43. The van der Waals surface area contributed by atoms with Gasteiger partial charge in [0.15, 0.2) is 0 Å². The molecule has 4 amide bonds. The number of urea groups is 1. The normalized spacial score (nSPS) is 19.2. The van der Waals surface area contributed by atoms with E-state index in [1.165, 1.54) is 0 Å². The van der Waals surface area contributed by atoms with Gasteiger partial charge in [-0.25, -0.2) is 4.79 Å². The van der Waals surface area contributed by atoms with E-state index in [4.69, 9.17) is 23.2 Å². The van der Waals surface area contributed by atoms with Crippen molar-refractivity contribution in [2.75, 3.05) is 6.54 Å². The average Bonchev–Trinajstić information content (AvgIpc) is 2.98. The summed E-state index contributed by atoms with van der Waals surface area (Å²) in [4.78, 5) is 39.5. The van der Waals surface area contributed by atoms with Crippen LogP contribution in [0.4, 0.5) is 4.79 Å². The Morgan fingerprint density at radius 3 is 2.53 bits per heavy atom.